The maximum atomic E-state index is 10.2. The van der Waals surface area contributed by atoms with Crippen molar-refractivity contribution in [2.24, 2.45) is 0 Å². The van der Waals surface area contributed by atoms with Crippen LogP contribution >= 0.6 is 0 Å². The first-order chi connectivity index (χ1) is 13.2. The van der Waals surface area contributed by atoms with Gasteiger partial charge >= 0.3 is 0 Å². The number of nitrogens with zero attached hydrogens (tertiary/aromatic N) is 1. The highest BCUT2D eigenvalue weighted by Crippen LogP contribution is 2.31. The monoisotopic (exact) mass is 358 g/mol. The van der Waals surface area contributed by atoms with E-state index >= 15 is 0 Å². The minimum atomic E-state index is -0.662. The Bertz CT molecular complexity index is 933. The molecule has 0 aliphatic heterocycles. The molecule has 0 saturated carbocycles. The highest BCUT2D eigenvalue weighted by atomic mass is 16.5. The van der Waals surface area contributed by atoms with Gasteiger partial charge in [0, 0.05) is 17.8 Å². The van der Waals surface area contributed by atoms with E-state index in [0.717, 1.165) is 28.1 Å². The number of rotatable bonds is 7. The van der Waals surface area contributed by atoms with Crippen molar-refractivity contribution >= 4 is 5.69 Å². The van der Waals surface area contributed by atoms with E-state index in [-0.39, 0.29) is 6.61 Å². The lowest BCUT2D eigenvalue weighted by Crippen LogP contribution is -2.26. The van der Waals surface area contributed by atoms with Crippen LogP contribution in [0.3, 0.4) is 0 Å². The molecule has 3 rings (SSSR count). The molecule has 27 heavy (non-hydrogen) atoms. The lowest BCUT2D eigenvalue weighted by molar-refractivity contribution is 0.117. The summed E-state index contributed by atoms with van der Waals surface area (Å²) in [4.78, 5) is 0. The van der Waals surface area contributed by atoms with Crippen molar-refractivity contribution < 1.29 is 9.84 Å². The Morgan fingerprint density at radius 3 is 2.48 bits per heavy atom. The van der Waals surface area contributed by atoms with Gasteiger partial charge in [0.1, 0.15) is 18.5 Å². The highest BCUT2D eigenvalue weighted by Gasteiger charge is 2.11. The summed E-state index contributed by atoms with van der Waals surface area (Å²) in [6, 6.07) is 25.2. The van der Waals surface area contributed by atoms with Crippen LogP contribution in [0.5, 0.6) is 5.75 Å². The van der Waals surface area contributed by atoms with Crippen LogP contribution in [0.15, 0.2) is 72.8 Å². The molecule has 1 unspecified atom stereocenters. The van der Waals surface area contributed by atoms with Crippen molar-refractivity contribution in [2.45, 2.75) is 13.0 Å². The van der Waals surface area contributed by atoms with Crippen LogP contribution in [0.25, 0.3) is 11.1 Å². The minimum Gasteiger partial charge on any atom is -0.491 e. The summed E-state index contributed by atoms with van der Waals surface area (Å²) in [6.45, 7) is 2.59. The summed E-state index contributed by atoms with van der Waals surface area (Å²) in [5.41, 5.74) is 4.62. The molecule has 136 valence electrons. The van der Waals surface area contributed by atoms with Crippen LogP contribution in [0.2, 0.25) is 0 Å². The van der Waals surface area contributed by atoms with E-state index in [0.29, 0.717) is 12.1 Å². The van der Waals surface area contributed by atoms with E-state index in [1.54, 1.807) is 6.07 Å². The normalized spacial score (nSPS) is 11.4. The van der Waals surface area contributed by atoms with Crippen LogP contribution in [0.1, 0.15) is 11.1 Å². The number of aliphatic hydroxyl groups is 1. The summed E-state index contributed by atoms with van der Waals surface area (Å²) in [6.07, 6.45) is -0.662. The van der Waals surface area contributed by atoms with E-state index in [9.17, 15) is 10.4 Å². The largest absolute Gasteiger partial charge is 0.491 e. The second-order valence-electron chi connectivity index (χ2n) is 6.35. The molecule has 0 spiro atoms. The Hall–Kier alpha value is -3.29. The smallest absolute Gasteiger partial charge is 0.119 e. The van der Waals surface area contributed by atoms with Gasteiger partial charge in [-0.15, -0.1) is 0 Å². The standard InChI is InChI=1S/C23H22N2O2/c1-17-7-5-6-10-21(17)22-13-18(14-24)11-12-23(22)25-15-19(26)16-27-20-8-3-2-4-9-20/h2-13,19,25-26H,15-16H2,1H3. The fraction of sp³-hybridized carbons (Fsp3) is 0.174. The van der Waals surface area contributed by atoms with Gasteiger partial charge in [0.25, 0.3) is 0 Å². The van der Waals surface area contributed by atoms with Crippen LogP contribution < -0.4 is 10.1 Å². The van der Waals surface area contributed by atoms with E-state index in [2.05, 4.69) is 11.4 Å². The summed E-state index contributed by atoms with van der Waals surface area (Å²) < 4.78 is 5.59. The van der Waals surface area contributed by atoms with Crippen molar-refractivity contribution in [2.75, 3.05) is 18.5 Å². The molecular weight excluding hydrogens is 336 g/mol. The molecule has 4 heteroatoms. The topological polar surface area (TPSA) is 65.3 Å². The molecule has 0 saturated heterocycles. The van der Waals surface area contributed by atoms with Crippen molar-refractivity contribution in [3.8, 4) is 22.9 Å². The maximum absolute atomic E-state index is 10.2. The zero-order valence-electron chi connectivity index (χ0n) is 15.2. The highest BCUT2D eigenvalue weighted by molar-refractivity contribution is 5.81. The Labute approximate surface area is 159 Å². The second kappa shape index (κ2) is 8.88. The third-order valence-electron chi connectivity index (χ3n) is 4.30. The van der Waals surface area contributed by atoms with Crippen molar-refractivity contribution in [1.29, 1.82) is 5.26 Å². The summed E-state index contributed by atoms with van der Waals surface area (Å²) in [5.74, 6) is 0.732. The number of aliphatic hydroxyl groups excluding tert-OH is 1. The average molecular weight is 358 g/mol. The van der Waals surface area contributed by atoms with Crippen molar-refractivity contribution in [3.05, 3.63) is 83.9 Å². The van der Waals surface area contributed by atoms with Gasteiger partial charge in [-0.1, -0.05) is 42.5 Å². The number of nitrogens with one attached hydrogen (secondary N) is 1. The van der Waals surface area contributed by atoms with Gasteiger partial charge in [-0.25, -0.2) is 0 Å². The van der Waals surface area contributed by atoms with Crippen molar-refractivity contribution in [1.82, 2.24) is 0 Å². The molecular formula is C23H22N2O2. The Balaban J connectivity index is 1.71. The van der Waals surface area contributed by atoms with Crippen molar-refractivity contribution in [3.63, 3.8) is 0 Å². The predicted molar refractivity (Wildman–Crippen MR) is 108 cm³/mol. The van der Waals surface area contributed by atoms with Gasteiger partial charge in [0.05, 0.1) is 11.6 Å². The van der Waals surface area contributed by atoms with Crippen LogP contribution in [0, 0.1) is 18.3 Å². The molecule has 0 bridgehead atoms. The summed E-state index contributed by atoms with van der Waals surface area (Å²) in [7, 11) is 0. The number of aryl methyl sites for hydroxylation is 1. The van der Waals surface area contributed by atoms with Gasteiger partial charge < -0.3 is 15.2 Å². The van der Waals surface area contributed by atoms with E-state index in [4.69, 9.17) is 4.74 Å². The second-order valence-corrected chi connectivity index (χ2v) is 6.35. The molecule has 0 aliphatic carbocycles. The molecule has 0 heterocycles. The maximum Gasteiger partial charge on any atom is 0.119 e. The third kappa shape index (κ3) is 4.87. The van der Waals surface area contributed by atoms with Gasteiger partial charge in [0.15, 0.2) is 0 Å². The zero-order chi connectivity index (χ0) is 19.1. The molecule has 1 atom stereocenters. The molecule has 0 radical (unpaired) electrons. The first-order valence-electron chi connectivity index (χ1n) is 8.87. The number of para-hydroxylation sites is 1. The van der Waals surface area contributed by atoms with Gasteiger partial charge in [0.2, 0.25) is 0 Å². The molecule has 0 amide bonds. The van der Waals surface area contributed by atoms with E-state index in [1.807, 2.05) is 73.7 Å². The Morgan fingerprint density at radius 2 is 1.74 bits per heavy atom. The first kappa shape index (κ1) is 18.5. The van der Waals surface area contributed by atoms with Crippen LogP contribution in [-0.4, -0.2) is 24.4 Å². The number of benzene rings is 3. The number of anilines is 1. The molecule has 2 N–H and O–H groups in total. The Morgan fingerprint density at radius 1 is 1.00 bits per heavy atom. The fourth-order valence-electron chi connectivity index (χ4n) is 2.86. The molecule has 0 fully saturated rings. The quantitative estimate of drug-likeness (QED) is 0.658. The number of hydrogen-bond donors (Lipinski definition) is 2. The number of hydrogen-bond acceptors (Lipinski definition) is 4. The van der Waals surface area contributed by atoms with Crippen LogP contribution in [-0.2, 0) is 0 Å². The molecule has 3 aromatic carbocycles. The third-order valence-corrected chi connectivity index (χ3v) is 4.30. The average Bonchev–Trinajstić information content (AvgIpc) is 2.72. The first-order valence-corrected chi connectivity index (χ1v) is 8.87. The van der Waals surface area contributed by atoms with Crippen LogP contribution in [0.4, 0.5) is 5.69 Å². The SMILES string of the molecule is Cc1ccccc1-c1cc(C#N)ccc1NCC(O)COc1ccccc1. The molecule has 4 nitrogen and oxygen atoms in total. The predicted octanol–water partition coefficient (Wildman–Crippen LogP) is 4.39. The molecule has 3 aromatic rings. The van der Waals surface area contributed by atoms with E-state index < -0.39 is 6.10 Å². The lowest BCUT2D eigenvalue weighted by atomic mass is 9.97. The fourth-order valence-corrected chi connectivity index (χ4v) is 2.86. The summed E-state index contributed by atoms with van der Waals surface area (Å²) >= 11 is 0. The number of nitriles is 1. The van der Waals surface area contributed by atoms with Gasteiger partial charge in [-0.05, 0) is 48.4 Å². The van der Waals surface area contributed by atoms with Gasteiger partial charge in [-0.3, -0.25) is 0 Å². The Kier molecular flexibility index (Phi) is 6.09. The summed E-state index contributed by atoms with van der Waals surface area (Å²) in [5, 5.41) is 22.8. The molecule has 0 aliphatic rings. The zero-order valence-corrected chi connectivity index (χ0v) is 15.2. The minimum absolute atomic E-state index is 0.201. The number of ether oxygens (including phenoxy) is 1. The molecule has 0 aromatic heterocycles. The van der Waals surface area contributed by atoms with Gasteiger partial charge in [-0.2, -0.15) is 5.26 Å². The lowest BCUT2D eigenvalue weighted by Gasteiger charge is -2.17. The van der Waals surface area contributed by atoms with E-state index in [1.165, 1.54) is 0 Å².